The van der Waals surface area contributed by atoms with Crippen molar-refractivity contribution >= 4 is 28.1 Å². The highest BCUT2D eigenvalue weighted by Crippen LogP contribution is 2.22. The number of nitro groups is 1. The molecule has 6 nitrogen and oxygen atoms in total. The molecule has 0 atom stereocenters. The molecule has 31 heavy (non-hydrogen) atoms. The number of nitro benzene ring substituents is 1. The Labute approximate surface area is 185 Å². The van der Waals surface area contributed by atoms with Crippen LogP contribution < -0.4 is 22.3 Å². The van der Waals surface area contributed by atoms with Gasteiger partial charge in [-0.25, -0.2) is 0 Å². The zero-order chi connectivity index (χ0) is 20.9. The fraction of sp³-hybridized carbons (Fsp3) is 0.0833. The summed E-state index contributed by atoms with van der Waals surface area (Å²) in [5.41, 5.74) is 2.94. The van der Waals surface area contributed by atoms with E-state index in [0.29, 0.717) is 6.42 Å². The molecule has 0 bridgehead atoms. The zero-order valence-corrected chi connectivity index (χ0v) is 17.3. The summed E-state index contributed by atoms with van der Waals surface area (Å²) in [6, 6.07) is 24.2. The summed E-state index contributed by atoms with van der Waals surface area (Å²) in [7, 11) is 0. The molecule has 1 amide bonds. The molecule has 0 fully saturated rings. The maximum absolute atomic E-state index is 12.5. The highest BCUT2D eigenvalue weighted by molar-refractivity contribution is 6.01. The molecule has 0 aliphatic rings. The average molecular weight is 434 g/mol. The fourth-order valence-electron chi connectivity index (χ4n) is 3.37. The Hall–Kier alpha value is -3.77. The Kier molecular flexibility index (Phi) is 6.95. The lowest BCUT2D eigenvalue weighted by atomic mass is 10.1. The number of benzene rings is 3. The molecule has 0 aliphatic heterocycles. The van der Waals surface area contributed by atoms with Gasteiger partial charge in [-0.1, -0.05) is 48.5 Å². The van der Waals surface area contributed by atoms with Crippen molar-refractivity contribution in [2.75, 3.05) is 5.32 Å². The van der Waals surface area contributed by atoms with Gasteiger partial charge < -0.3 is 17.7 Å². The SMILES string of the molecule is O=C(C[n+]1ccc(Cc2ccc([N+](=O)[O-])cc2)cc1)Nc1cccc2ccccc12.[Cl-]. The molecule has 0 unspecified atom stereocenters. The van der Waals surface area contributed by atoms with Gasteiger partial charge in [0.25, 0.3) is 11.6 Å². The molecule has 0 aliphatic carbocycles. The Morgan fingerprint density at radius 2 is 1.52 bits per heavy atom. The highest BCUT2D eigenvalue weighted by atomic mass is 35.5. The lowest BCUT2D eigenvalue weighted by molar-refractivity contribution is -0.684. The second-order valence-corrected chi connectivity index (χ2v) is 7.05. The minimum absolute atomic E-state index is 0. The lowest BCUT2D eigenvalue weighted by Crippen LogP contribution is -3.00. The number of nitrogens with zero attached hydrogens (tertiary/aromatic N) is 2. The highest BCUT2D eigenvalue weighted by Gasteiger charge is 2.12. The van der Waals surface area contributed by atoms with Gasteiger partial charge in [-0.15, -0.1) is 0 Å². The summed E-state index contributed by atoms with van der Waals surface area (Å²) in [6.45, 7) is 0.209. The Bertz CT molecular complexity index is 1200. The van der Waals surface area contributed by atoms with E-state index < -0.39 is 4.92 Å². The van der Waals surface area contributed by atoms with Crippen molar-refractivity contribution in [3.8, 4) is 0 Å². The summed E-state index contributed by atoms with van der Waals surface area (Å²) in [4.78, 5) is 22.8. The number of anilines is 1. The van der Waals surface area contributed by atoms with Crippen LogP contribution in [0.1, 0.15) is 11.1 Å². The van der Waals surface area contributed by atoms with Gasteiger partial charge in [-0.3, -0.25) is 14.9 Å². The number of non-ortho nitro benzene ring substituents is 1. The molecule has 1 heterocycles. The van der Waals surface area contributed by atoms with Crippen molar-refractivity contribution in [1.29, 1.82) is 0 Å². The maximum atomic E-state index is 12.5. The molecule has 4 aromatic rings. The lowest BCUT2D eigenvalue weighted by Gasteiger charge is -2.07. The van der Waals surface area contributed by atoms with Crippen LogP contribution in [0.4, 0.5) is 11.4 Å². The van der Waals surface area contributed by atoms with Gasteiger partial charge in [0.2, 0.25) is 6.54 Å². The molecule has 3 aromatic carbocycles. The predicted octanol–water partition coefficient (Wildman–Crippen LogP) is 1.27. The first-order valence-electron chi connectivity index (χ1n) is 9.57. The third-order valence-corrected chi connectivity index (χ3v) is 4.91. The van der Waals surface area contributed by atoms with E-state index in [1.807, 2.05) is 71.6 Å². The van der Waals surface area contributed by atoms with E-state index >= 15 is 0 Å². The van der Waals surface area contributed by atoms with E-state index in [9.17, 15) is 14.9 Å². The van der Waals surface area contributed by atoms with Crippen LogP contribution in [0.15, 0.2) is 91.3 Å². The number of nitrogens with one attached hydrogen (secondary N) is 1. The van der Waals surface area contributed by atoms with Crippen LogP contribution in [-0.4, -0.2) is 10.8 Å². The number of carbonyl (C=O) groups excluding carboxylic acids is 1. The number of rotatable bonds is 6. The van der Waals surface area contributed by atoms with Crippen molar-refractivity contribution in [3.05, 3.63) is 112 Å². The van der Waals surface area contributed by atoms with Gasteiger partial charge in [0.15, 0.2) is 12.4 Å². The molecule has 1 N–H and O–H groups in total. The molecule has 0 radical (unpaired) electrons. The van der Waals surface area contributed by atoms with Gasteiger partial charge in [0.05, 0.1) is 4.92 Å². The van der Waals surface area contributed by atoms with Crippen LogP contribution >= 0.6 is 0 Å². The second kappa shape index (κ2) is 9.82. The largest absolute Gasteiger partial charge is 1.00 e. The molecule has 7 heteroatoms. The number of aromatic nitrogens is 1. The topological polar surface area (TPSA) is 76.1 Å². The Morgan fingerprint density at radius 1 is 0.871 bits per heavy atom. The van der Waals surface area contributed by atoms with Crippen LogP contribution in [-0.2, 0) is 17.8 Å². The zero-order valence-electron chi connectivity index (χ0n) is 16.6. The summed E-state index contributed by atoms with van der Waals surface area (Å²) in [6.07, 6.45) is 4.40. The number of halogens is 1. The Balaban J connectivity index is 0.00000272. The summed E-state index contributed by atoms with van der Waals surface area (Å²) in [5.74, 6) is -0.0977. The van der Waals surface area contributed by atoms with Crippen LogP contribution in [0.5, 0.6) is 0 Å². The third kappa shape index (κ3) is 5.43. The van der Waals surface area contributed by atoms with E-state index in [2.05, 4.69) is 5.32 Å². The van der Waals surface area contributed by atoms with E-state index in [1.54, 1.807) is 12.1 Å². The number of pyridine rings is 1. The smallest absolute Gasteiger partial charge is 0.290 e. The monoisotopic (exact) mass is 433 g/mol. The molecule has 156 valence electrons. The molecule has 0 spiro atoms. The van der Waals surface area contributed by atoms with Crippen LogP contribution in [0.25, 0.3) is 10.8 Å². The molecule has 1 aromatic heterocycles. The van der Waals surface area contributed by atoms with Crippen molar-refractivity contribution in [2.45, 2.75) is 13.0 Å². The standard InChI is InChI=1S/C24H19N3O3.ClH/c28-24(25-23-7-3-5-20-4-1-2-6-22(20)23)17-26-14-12-19(13-15-26)16-18-8-10-21(11-9-18)27(29)30;/h1-15H,16-17H2;1H. The summed E-state index contributed by atoms with van der Waals surface area (Å²) in [5, 5.41) is 15.8. The van der Waals surface area contributed by atoms with E-state index in [0.717, 1.165) is 27.6 Å². The number of hydrogen-bond acceptors (Lipinski definition) is 3. The van der Waals surface area contributed by atoms with Crippen molar-refractivity contribution < 1.29 is 26.7 Å². The third-order valence-electron chi connectivity index (χ3n) is 4.91. The molecule has 0 saturated carbocycles. The van der Waals surface area contributed by atoms with Crippen molar-refractivity contribution in [1.82, 2.24) is 0 Å². The fourth-order valence-corrected chi connectivity index (χ4v) is 3.37. The first-order chi connectivity index (χ1) is 14.6. The van der Waals surface area contributed by atoms with Crippen LogP contribution in [0.2, 0.25) is 0 Å². The maximum Gasteiger partial charge on any atom is 0.290 e. The number of amides is 1. The van der Waals surface area contributed by atoms with Crippen molar-refractivity contribution in [2.24, 2.45) is 0 Å². The van der Waals surface area contributed by atoms with E-state index in [4.69, 9.17) is 0 Å². The van der Waals surface area contributed by atoms with Gasteiger partial charge in [-0.2, -0.15) is 4.57 Å². The number of fused-ring (bicyclic) bond motifs is 1. The van der Waals surface area contributed by atoms with Gasteiger partial charge in [0.1, 0.15) is 0 Å². The van der Waals surface area contributed by atoms with Gasteiger partial charge in [0, 0.05) is 35.3 Å². The quantitative estimate of drug-likeness (QED) is 0.282. The van der Waals surface area contributed by atoms with Crippen molar-refractivity contribution in [3.63, 3.8) is 0 Å². The van der Waals surface area contributed by atoms with Crippen LogP contribution in [0, 0.1) is 10.1 Å². The molecular weight excluding hydrogens is 414 g/mol. The molecular formula is C24H20ClN3O3. The minimum atomic E-state index is -0.404. The molecule has 4 rings (SSSR count). The first kappa shape index (κ1) is 21.9. The second-order valence-electron chi connectivity index (χ2n) is 7.05. The minimum Gasteiger partial charge on any atom is -1.00 e. The first-order valence-corrected chi connectivity index (χ1v) is 9.57. The number of carbonyl (C=O) groups is 1. The summed E-state index contributed by atoms with van der Waals surface area (Å²) >= 11 is 0. The van der Waals surface area contributed by atoms with Gasteiger partial charge >= 0.3 is 0 Å². The van der Waals surface area contributed by atoms with E-state index in [1.165, 1.54) is 12.1 Å². The predicted molar refractivity (Wildman–Crippen MR) is 115 cm³/mol. The Morgan fingerprint density at radius 3 is 2.23 bits per heavy atom. The number of hydrogen-bond donors (Lipinski definition) is 1. The normalized spacial score (nSPS) is 10.3. The van der Waals surface area contributed by atoms with E-state index in [-0.39, 0.29) is 30.5 Å². The average Bonchev–Trinajstić information content (AvgIpc) is 2.76. The van der Waals surface area contributed by atoms with Crippen LogP contribution in [0.3, 0.4) is 0 Å². The molecule has 0 saturated heterocycles. The summed E-state index contributed by atoms with van der Waals surface area (Å²) < 4.78 is 1.82. The van der Waals surface area contributed by atoms with Gasteiger partial charge in [-0.05, 0) is 29.0 Å².